The lowest BCUT2D eigenvalue weighted by Gasteiger charge is -2.10. The zero-order valence-electron chi connectivity index (χ0n) is 15.1. The Morgan fingerprint density at radius 3 is 2.74 bits per heavy atom. The summed E-state index contributed by atoms with van der Waals surface area (Å²) in [5, 5.41) is 2.53. The van der Waals surface area contributed by atoms with Crippen LogP contribution in [0.25, 0.3) is 10.6 Å². The van der Waals surface area contributed by atoms with Gasteiger partial charge in [-0.2, -0.15) is 0 Å². The average Bonchev–Trinajstić information content (AvgIpc) is 3.16. The molecule has 140 valence electrons. The number of carbonyl (C=O) groups is 1. The number of para-hydroxylation sites is 1. The Kier molecular flexibility index (Phi) is 5.71. The third-order valence-electron chi connectivity index (χ3n) is 3.96. The van der Waals surface area contributed by atoms with E-state index in [4.69, 9.17) is 14.2 Å². The van der Waals surface area contributed by atoms with Crippen LogP contribution in [0.4, 0.5) is 4.39 Å². The van der Waals surface area contributed by atoms with Crippen molar-refractivity contribution in [2.24, 2.45) is 0 Å². The number of methoxy groups -OCH3 is 2. The van der Waals surface area contributed by atoms with E-state index in [1.54, 1.807) is 38.7 Å². The Bertz CT molecular complexity index is 970. The van der Waals surface area contributed by atoms with Gasteiger partial charge in [-0.25, -0.2) is 14.2 Å². The van der Waals surface area contributed by atoms with Gasteiger partial charge in [0.05, 0.1) is 31.0 Å². The molecule has 1 aromatic heterocycles. The maximum Gasteiger partial charge on any atom is 0.338 e. The van der Waals surface area contributed by atoms with Crippen molar-refractivity contribution in [1.82, 2.24) is 4.98 Å². The topological polar surface area (TPSA) is 57.7 Å². The van der Waals surface area contributed by atoms with Crippen molar-refractivity contribution >= 4 is 17.3 Å². The van der Waals surface area contributed by atoms with Gasteiger partial charge in [0.1, 0.15) is 17.4 Å². The van der Waals surface area contributed by atoms with E-state index in [0.717, 1.165) is 10.6 Å². The lowest BCUT2D eigenvalue weighted by atomic mass is 10.1. The molecular formula is C20H18FNO4S. The summed E-state index contributed by atoms with van der Waals surface area (Å²) in [6, 6.07) is 9.56. The molecule has 0 atom stereocenters. The molecule has 0 radical (unpaired) electrons. The summed E-state index contributed by atoms with van der Waals surface area (Å²) >= 11 is 1.41. The first kappa shape index (κ1) is 18.8. The molecule has 0 aliphatic heterocycles. The van der Waals surface area contributed by atoms with Crippen LogP contribution in [0.3, 0.4) is 0 Å². The van der Waals surface area contributed by atoms with Gasteiger partial charge in [0, 0.05) is 5.38 Å². The van der Waals surface area contributed by atoms with E-state index < -0.39 is 11.8 Å². The van der Waals surface area contributed by atoms with Crippen LogP contribution in [0.1, 0.15) is 21.6 Å². The smallest absolute Gasteiger partial charge is 0.338 e. The number of hydrogen-bond acceptors (Lipinski definition) is 6. The molecule has 5 nitrogen and oxygen atoms in total. The molecule has 0 aliphatic carbocycles. The summed E-state index contributed by atoms with van der Waals surface area (Å²) < 4.78 is 29.4. The Morgan fingerprint density at radius 2 is 2.00 bits per heavy atom. The second-order valence-electron chi connectivity index (χ2n) is 5.72. The first-order valence-corrected chi connectivity index (χ1v) is 9.00. The molecular weight excluding hydrogens is 369 g/mol. The number of nitrogens with zero attached hydrogens (tertiary/aromatic N) is 1. The summed E-state index contributed by atoms with van der Waals surface area (Å²) in [5.41, 5.74) is 2.25. The SMILES string of the molecule is COc1cccc(-c2nc(COC(=O)c3cc(F)ccc3C)cs2)c1OC. The van der Waals surface area contributed by atoms with E-state index in [9.17, 15) is 9.18 Å². The number of hydrogen-bond donors (Lipinski definition) is 0. The van der Waals surface area contributed by atoms with E-state index in [1.807, 2.05) is 12.1 Å². The number of ether oxygens (including phenoxy) is 3. The molecule has 3 rings (SSSR count). The second kappa shape index (κ2) is 8.18. The van der Waals surface area contributed by atoms with Crippen LogP contribution in [0.5, 0.6) is 11.5 Å². The quantitative estimate of drug-likeness (QED) is 0.577. The van der Waals surface area contributed by atoms with Crippen LogP contribution < -0.4 is 9.47 Å². The normalized spacial score (nSPS) is 10.5. The standard InChI is InChI=1S/C20H18FNO4S/c1-12-7-8-13(21)9-16(12)20(23)26-10-14-11-27-19(22-14)15-5-4-6-17(24-2)18(15)25-3/h4-9,11H,10H2,1-3H3. The van der Waals surface area contributed by atoms with E-state index in [0.29, 0.717) is 22.8 Å². The summed E-state index contributed by atoms with van der Waals surface area (Å²) in [4.78, 5) is 16.7. The minimum absolute atomic E-state index is 0.00241. The molecule has 1 heterocycles. The summed E-state index contributed by atoms with van der Waals surface area (Å²) in [7, 11) is 3.14. The van der Waals surface area contributed by atoms with Crippen LogP contribution in [-0.4, -0.2) is 25.2 Å². The van der Waals surface area contributed by atoms with Crippen molar-refractivity contribution in [3.63, 3.8) is 0 Å². The highest BCUT2D eigenvalue weighted by Crippen LogP contribution is 2.39. The van der Waals surface area contributed by atoms with Gasteiger partial charge in [-0.3, -0.25) is 0 Å². The van der Waals surface area contributed by atoms with Crippen molar-refractivity contribution in [3.05, 3.63) is 64.4 Å². The van der Waals surface area contributed by atoms with Crippen molar-refractivity contribution in [2.75, 3.05) is 14.2 Å². The van der Waals surface area contributed by atoms with Crippen molar-refractivity contribution < 1.29 is 23.4 Å². The number of carbonyl (C=O) groups excluding carboxylic acids is 1. The maximum atomic E-state index is 13.4. The zero-order valence-corrected chi connectivity index (χ0v) is 15.9. The molecule has 0 N–H and O–H groups in total. The molecule has 0 aliphatic rings. The molecule has 0 saturated carbocycles. The molecule has 2 aromatic carbocycles. The van der Waals surface area contributed by atoms with Gasteiger partial charge in [0.2, 0.25) is 0 Å². The highest BCUT2D eigenvalue weighted by molar-refractivity contribution is 7.13. The van der Waals surface area contributed by atoms with Crippen LogP contribution in [0.15, 0.2) is 41.8 Å². The molecule has 0 unspecified atom stereocenters. The minimum atomic E-state index is -0.583. The van der Waals surface area contributed by atoms with Crippen molar-refractivity contribution in [3.8, 4) is 22.1 Å². The number of rotatable bonds is 6. The number of benzene rings is 2. The van der Waals surface area contributed by atoms with Gasteiger partial charge in [-0.1, -0.05) is 12.1 Å². The lowest BCUT2D eigenvalue weighted by molar-refractivity contribution is 0.0467. The molecule has 27 heavy (non-hydrogen) atoms. The Balaban J connectivity index is 1.75. The first-order valence-electron chi connectivity index (χ1n) is 8.12. The van der Waals surface area contributed by atoms with E-state index in [2.05, 4.69) is 4.98 Å². The van der Waals surface area contributed by atoms with E-state index in [1.165, 1.54) is 23.5 Å². The number of halogens is 1. The zero-order chi connectivity index (χ0) is 19.4. The van der Waals surface area contributed by atoms with E-state index in [-0.39, 0.29) is 12.2 Å². The second-order valence-corrected chi connectivity index (χ2v) is 6.58. The molecule has 7 heteroatoms. The molecule has 0 amide bonds. The predicted octanol–water partition coefficient (Wildman–Crippen LogP) is 4.63. The molecule has 0 bridgehead atoms. The Hall–Kier alpha value is -2.93. The lowest BCUT2D eigenvalue weighted by Crippen LogP contribution is -2.07. The van der Waals surface area contributed by atoms with Crippen LogP contribution >= 0.6 is 11.3 Å². The monoisotopic (exact) mass is 387 g/mol. The van der Waals surface area contributed by atoms with Crippen LogP contribution in [0, 0.1) is 12.7 Å². The maximum absolute atomic E-state index is 13.4. The largest absolute Gasteiger partial charge is 0.493 e. The molecule has 0 saturated heterocycles. The van der Waals surface area contributed by atoms with Crippen molar-refractivity contribution in [1.29, 1.82) is 0 Å². The average molecular weight is 387 g/mol. The van der Waals surface area contributed by atoms with Crippen molar-refractivity contribution in [2.45, 2.75) is 13.5 Å². The fourth-order valence-electron chi connectivity index (χ4n) is 2.58. The fraction of sp³-hybridized carbons (Fsp3) is 0.200. The number of aromatic nitrogens is 1. The van der Waals surface area contributed by atoms with Gasteiger partial charge < -0.3 is 14.2 Å². The Labute approximate surface area is 160 Å². The molecule has 0 fully saturated rings. The van der Waals surface area contributed by atoms with Gasteiger partial charge >= 0.3 is 5.97 Å². The highest BCUT2D eigenvalue weighted by atomic mass is 32.1. The third-order valence-corrected chi connectivity index (χ3v) is 4.88. The van der Waals surface area contributed by atoms with Gasteiger partial charge in [-0.05, 0) is 36.8 Å². The summed E-state index contributed by atoms with van der Waals surface area (Å²) in [5.74, 6) is 0.141. The van der Waals surface area contributed by atoms with Crippen LogP contribution in [-0.2, 0) is 11.3 Å². The molecule has 3 aromatic rings. The van der Waals surface area contributed by atoms with Gasteiger partial charge in [0.25, 0.3) is 0 Å². The highest BCUT2D eigenvalue weighted by Gasteiger charge is 2.16. The first-order chi connectivity index (χ1) is 13.0. The predicted molar refractivity (Wildman–Crippen MR) is 101 cm³/mol. The van der Waals surface area contributed by atoms with Crippen LogP contribution in [0.2, 0.25) is 0 Å². The third kappa shape index (κ3) is 4.09. The number of aryl methyl sites for hydroxylation is 1. The molecule has 0 spiro atoms. The van der Waals surface area contributed by atoms with E-state index >= 15 is 0 Å². The summed E-state index contributed by atoms with van der Waals surface area (Å²) in [6.45, 7) is 1.73. The van der Waals surface area contributed by atoms with Gasteiger partial charge in [-0.15, -0.1) is 11.3 Å². The summed E-state index contributed by atoms with van der Waals surface area (Å²) in [6.07, 6.45) is 0. The minimum Gasteiger partial charge on any atom is -0.493 e. The fourth-order valence-corrected chi connectivity index (χ4v) is 3.41. The number of esters is 1. The number of thiazole rings is 1. The van der Waals surface area contributed by atoms with Gasteiger partial charge in [0.15, 0.2) is 11.5 Å². The Morgan fingerprint density at radius 1 is 1.19 bits per heavy atom.